The van der Waals surface area contributed by atoms with Crippen LogP contribution in [-0.4, -0.2) is 55.9 Å². The summed E-state index contributed by atoms with van der Waals surface area (Å²) in [6.45, 7) is 5.28. The maximum Gasteiger partial charge on any atom is 0.339 e. The van der Waals surface area contributed by atoms with E-state index in [-0.39, 0.29) is 12.6 Å². The second kappa shape index (κ2) is 8.44. The Morgan fingerprint density at radius 2 is 1.90 bits per heavy atom. The summed E-state index contributed by atoms with van der Waals surface area (Å²) in [6.07, 6.45) is 1.88. The molecule has 0 rings (SSSR count). The molecule has 20 heavy (non-hydrogen) atoms. The van der Waals surface area contributed by atoms with Gasteiger partial charge in [-0.3, -0.25) is 4.99 Å². The third-order valence-electron chi connectivity index (χ3n) is 2.17. The average molecular weight is 287 g/mol. The van der Waals surface area contributed by atoms with E-state index in [1.807, 2.05) is 0 Å². The molecule has 0 aromatic heterocycles. The molecule has 0 amide bonds. The number of hydrogen-bond acceptors (Lipinski definition) is 7. The fourth-order valence-electron chi connectivity index (χ4n) is 1.25. The molecule has 0 aromatic carbocycles. The van der Waals surface area contributed by atoms with Gasteiger partial charge in [0.15, 0.2) is 0 Å². The van der Waals surface area contributed by atoms with Gasteiger partial charge in [0.05, 0.1) is 20.4 Å². The largest absolute Gasteiger partial charge is 0.466 e. The fraction of sp³-hybridized carbons (Fsp3) is 0.615. The first-order chi connectivity index (χ1) is 9.30. The van der Waals surface area contributed by atoms with E-state index in [1.54, 1.807) is 20.8 Å². The Hall–Kier alpha value is -1.73. The maximum absolute atomic E-state index is 11.7. The number of methoxy groups -OCH3 is 2. The Balaban J connectivity index is 5.70. The summed E-state index contributed by atoms with van der Waals surface area (Å²) in [7, 11) is 2.27. The summed E-state index contributed by atoms with van der Waals surface area (Å²) >= 11 is 0. The number of carbonyl (C=O) groups is 2. The van der Waals surface area contributed by atoms with Gasteiger partial charge in [0.2, 0.25) is 5.79 Å². The number of rotatable bonds is 7. The van der Waals surface area contributed by atoms with Crippen LogP contribution in [0.1, 0.15) is 20.8 Å². The molecule has 1 N–H and O–H groups in total. The van der Waals surface area contributed by atoms with Crippen LogP contribution < -0.4 is 0 Å². The fourth-order valence-corrected chi connectivity index (χ4v) is 1.25. The van der Waals surface area contributed by atoms with Crippen molar-refractivity contribution in [2.45, 2.75) is 32.6 Å². The monoisotopic (exact) mass is 287 g/mol. The molecule has 7 nitrogen and oxygen atoms in total. The minimum absolute atomic E-state index is 0.0934. The Kier molecular flexibility index (Phi) is 7.71. The smallest absolute Gasteiger partial charge is 0.339 e. The number of aliphatic hydroxyl groups is 1. The molecule has 0 aliphatic rings. The number of hydrogen-bond donors (Lipinski definition) is 1. The summed E-state index contributed by atoms with van der Waals surface area (Å²) in [5.74, 6) is -3.89. The van der Waals surface area contributed by atoms with Gasteiger partial charge in [-0.15, -0.1) is 0 Å². The van der Waals surface area contributed by atoms with E-state index in [2.05, 4.69) is 14.5 Å². The summed E-state index contributed by atoms with van der Waals surface area (Å²) in [5, 5.41) is 10.4. The Morgan fingerprint density at radius 1 is 1.30 bits per heavy atom. The molecular weight excluding hydrogens is 266 g/mol. The van der Waals surface area contributed by atoms with Crippen molar-refractivity contribution < 1.29 is 28.9 Å². The second-order valence-electron chi connectivity index (χ2n) is 4.07. The molecule has 0 aromatic rings. The molecule has 0 heterocycles. The van der Waals surface area contributed by atoms with Gasteiger partial charge in [-0.1, -0.05) is 0 Å². The maximum atomic E-state index is 11.7. The molecule has 0 saturated carbocycles. The lowest BCUT2D eigenvalue weighted by atomic mass is 10.1. The Bertz CT molecular complexity index is 402. The highest BCUT2D eigenvalue weighted by Gasteiger charge is 2.37. The lowest BCUT2D eigenvalue weighted by Crippen LogP contribution is -2.41. The average Bonchev–Trinajstić information content (AvgIpc) is 2.41. The number of ether oxygens (including phenoxy) is 3. The molecule has 0 aliphatic carbocycles. The highest BCUT2D eigenvalue weighted by molar-refractivity contribution is 6.01. The molecule has 0 fully saturated rings. The summed E-state index contributed by atoms with van der Waals surface area (Å²) < 4.78 is 14.1. The van der Waals surface area contributed by atoms with Crippen LogP contribution >= 0.6 is 0 Å². The highest BCUT2D eigenvalue weighted by atomic mass is 16.6. The zero-order valence-electron chi connectivity index (χ0n) is 12.4. The minimum Gasteiger partial charge on any atom is -0.466 e. The van der Waals surface area contributed by atoms with Gasteiger partial charge in [-0.2, -0.15) is 0 Å². The first kappa shape index (κ1) is 18.3. The number of esters is 2. The van der Waals surface area contributed by atoms with Gasteiger partial charge in [0.25, 0.3) is 0 Å². The Labute approximate surface area is 118 Å². The van der Waals surface area contributed by atoms with Crippen LogP contribution in [0.4, 0.5) is 0 Å². The molecule has 1 unspecified atom stereocenters. The van der Waals surface area contributed by atoms with Crippen LogP contribution in [0.15, 0.2) is 16.6 Å². The third-order valence-corrected chi connectivity index (χ3v) is 2.17. The van der Waals surface area contributed by atoms with E-state index in [0.717, 1.165) is 26.5 Å². The molecule has 7 heteroatoms. The number of nitrogens with zero attached hydrogens (tertiary/aromatic N) is 1. The van der Waals surface area contributed by atoms with Crippen molar-refractivity contribution in [1.82, 2.24) is 0 Å². The molecule has 1 atom stereocenters. The summed E-state index contributed by atoms with van der Waals surface area (Å²) in [4.78, 5) is 27.0. The minimum atomic E-state index is -2.15. The zero-order valence-corrected chi connectivity index (χ0v) is 12.4. The number of carbonyl (C=O) groups excluding carboxylic acids is 2. The second-order valence-corrected chi connectivity index (χ2v) is 4.07. The predicted octanol–water partition coefficient (Wildman–Crippen LogP) is 0.463. The highest BCUT2D eigenvalue weighted by Crippen LogP contribution is 2.19. The molecule has 114 valence electrons. The van der Waals surface area contributed by atoms with E-state index in [4.69, 9.17) is 4.74 Å². The van der Waals surface area contributed by atoms with E-state index in [9.17, 15) is 14.7 Å². The molecule has 0 radical (unpaired) electrons. The Morgan fingerprint density at radius 3 is 2.30 bits per heavy atom. The van der Waals surface area contributed by atoms with Crippen molar-refractivity contribution in [3.63, 3.8) is 0 Å². The van der Waals surface area contributed by atoms with Crippen LogP contribution in [0.25, 0.3) is 0 Å². The van der Waals surface area contributed by atoms with Gasteiger partial charge in [-0.25, -0.2) is 9.59 Å². The van der Waals surface area contributed by atoms with E-state index in [0.29, 0.717) is 0 Å². The van der Waals surface area contributed by atoms with Crippen molar-refractivity contribution in [2.75, 3.05) is 20.8 Å². The van der Waals surface area contributed by atoms with Crippen LogP contribution in [0.3, 0.4) is 0 Å². The molecule has 0 saturated heterocycles. The van der Waals surface area contributed by atoms with Gasteiger partial charge < -0.3 is 19.3 Å². The standard InChI is InChI=1S/C13H21NO6/c1-6-20-13(17,8-14-9(2)3)10(12(16)19-5)7-11(15)18-4/h7-9,17H,6H2,1-5H3/b10-7+,14-8?. The van der Waals surface area contributed by atoms with Gasteiger partial charge >= 0.3 is 11.9 Å². The summed E-state index contributed by atoms with van der Waals surface area (Å²) in [5.41, 5.74) is -0.405. The quantitative estimate of drug-likeness (QED) is 0.316. The zero-order chi connectivity index (χ0) is 15.8. The topological polar surface area (TPSA) is 94.4 Å². The van der Waals surface area contributed by atoms with Gasteiger partial charge in [-0.05, 0) is 20.8 Å². The molecule has 0 spiro atoms. The van der Waals surface area contributed by atoms with Crippen molar-refractivity contribution in [3.8, 4) is 0 Å². The van der Waals surface area contributed by atoms with E-state index in [1.165, 1.54) is 0 Å². The molecule has 0 aliphatic heterocycles. The molecule has 0 bridgehead atoms. The van der Waals surface area contributed by atoms with Crippen molar-refractivity contribution in [2.24, 2.45) is 4.99 Å². The molecular formula is C13H21NO6. The third kappa shape index (κ3) is 5.50. The van der Waals surface area contributed by atoms with Gasteiger partial charge in [0.1, 0.15) is 5.57 Å². The normalized spacial score (nSPS) is 15.2. The summed E-state index contributed by atoms with van der Waals surface area (Å²) in [6, 6.07) is -0.126. The first-order valence-electron chi connectivity index (χ1n) is 6.09. The SMILES string of the molecule is CCOC(O)(C=NC(C)C)/C(=C/C(=O)OC)C(=O)OC. The van der Waals surface area contributed by atoms with Crippen LogP contribution in [-0.2, 0) is 23.8 Å². The van der Waals surface area contributed by atoms with E-state index < -0.39 is 23.3 Å². The van der Waals surface area contributed by atoms with Crippen molar-refractivity contribution in [3.05, 3.63) is 11.6 Å². The van der Waals surface area contributed by atoms with Gasteiger partial charge in [0, 0.05) is 18.7 Å². The number of aliphatic imine (C=N–C) groups is 1. The van der Waals surface area contributed by atoms with Crippen LogP contribution in [0, 0.1) is 0 Å². The lowest BCUT2D eigenvalue weighted by Gasteiger charge is -2.25. The van der Waals surface area contributed by atoms with E-state index >= 15 is 0 Å². The lowest BCUT2D eigenvalue weighted by molar-refractivity contribution is -0.152. The van der Waals surface area contributed by atoms with Crippen molar-refractivity contribution in [1.29, 1.82) is 0 Å². The van der Waals surface area contributed by atoms with Crippen LogP contribution in [0.2, 0.25) is 0 Å². The van der Waals surface area contributed by atoms with Crippen LogP contribution in [0.5, 0.6) is 0 Å². The first-order valence-corrected chi connectivity index (χ1v) is 6.09. The predicted molar refractivity (Wildman–Crippen MR) is 72.3 cm³/mol. The van der Waals surface area contributed by atoms with Crippen molar-refractivity contribution >= 4 is 18.2 Å².